The Balaban J connectivity index is 2.45. The molecule has 1 rings (SSSR count). The Morgan fingerprint density at radius 2 is 2.00 bits per heavy atom. The van der Waals surface area contributed by atoms with E-state index in [-0.39, 0.29) is 17.5 Å². The lowest BCUT2D eigenvalue weighted by molar-refractivity contribution is 0.234. The van der Waals surface area contributed by atoms with E-state index in [1.807, 2.05) is 12.3 Å². The number of aromatic nitrogens is 1. The summed E-state index contributed by atoms with van der Waals surface area (Å²) >= 11 is 1.64. The molecule has 1 heterocycles. The topological polar surface area (TPSA) is 54.0 Å². The Labute approximate surface area is 120 Å². The number of rotatable bonds is 4. The van der Waals surface area contributed by atoms with Gasteiger partial charge in [0.05, 0.1) is 17.2 Å². The maximum absolute atomic E-state index is 11.7. The molecule has 108 valence electrons. The van der Waals surface area contributed by atoms with Crippen LogP contribution >= 0.6 is 11.3 Å². The maximum Gasteiger partial charge on any atom is 0.315 e. The van der Waals surface area contributed by atoms with E-state index in [0.717, 1.165) is 10.7 Å². The van der Waals surface area contributed by atoms with E-state index < -0.39 is 0 Å². The van der Waals surface area contributed by atoms with Crippen LogP contribution in [0.3, 0.4) is 0 Å². The molecule has 4 nitrogen and oxygen atoms in total. The van der Waals surface area contributed by atoms with Crippen LogP contribution in [0.2, 0.25) is 0 Å². The highest BCUT2D eigenvalue weighted by Gasteiger charge is 2.18. The molecule has 2 amide bonds. The van der Waals surface area contributed by atoms with Gasteiger partial charge in [0.25, 0.3) is 0 Å². The summed E-state index contributed by atoms with van der Waals surface area (Å²) in [5.41, 5.74) is 0.986. The zero-order valence-corrected chi connectivity index (χ0v) is 13.5. The SMILES string of the molecule is CC(C)C(C)NC(=O)NCc1csc(C(C)(C)C)n1. The van der Waals surface area contributed by atoms with Crippen molar-refractivity contribution < 1.29 is 4.79 Å². The normalized spacial score (nSPS) is 13.4. The summed E-state index contributed by atoms with van der Waals surface area (Å²) in [6.45, 7) is 13.1. The molecular formula is C14H25N3OS. The number of thiazole rings is 1. The fourth-order valence-electron chi connectivity index (χ4n) is 1.33. The molecule has 1 aromatic rings. The first kappa shape index (κ1) is 16.0. The third-order valence-electron chi connectivity index (χ3n) is 2.98. The molecule has 1 aromatic heterocycles. The Morgan fingerprint density at radius 1 is 1.37 bits per heavy atom. The molecule has 5 heteroatoms. The minimum Gasteiger partial charge on any atom is -0.335 e. The predicted octanol–water partition coefficient (Wildman–Crippen LogP) is 3.28. The molecular weight excluding hydrogens is 258 g/mol. The largest absolute Gasteiger partial charge is 0.335 e. The number of carbonyl (C=O) groups is 1. The van der Waals surface area contributed by atoms with Gasteiger partial charge in [-0.3, -0.25) is 0 Å². The molecule has 0 bridgehead atoms. The van der Waals surface area contributed by atoms with Gasteiger partial charge in [-0.1, -0.05) is 34.6 Å². The standard InChI is InChI=1S/C14H25N3OS/c1-9(2)10(3)16-13(18)15-7-11-8-19-12(17-11)14(4,5)6/h8-10H,7H2,1-6H3,(H2,15,16,18). The van der Waals surface area contributed by atoms with Gasteiger partial charge in [-0.05, 0) is 12.8 Å². The lowest BCUT2D eigenvalue weighted by Crippen LogP contribution is -2.42. The fourth-order valence-corrected chi connectivity index (χ4v) is 2.24. The van der Waals surface area contributed by atoms with Crippen LogP contribution in [0.25, 0.3) is 0 Å². The Bertz CT molecular complexity index is 421. The van der Waals surface area contributed by atoms with E-state index in [0.29, 0.717) is 12.5 Å². The predicted molar refractivity (Wildman–Crippen MR) is 80.5 cm³/mol. The summed E-state index contributed by atoms with van der Waals surface area (Å²) in [6.07, 6.45) is 0. The molecule has 0 radical (unpaired) electrons. The third-order valence-corrected chi connectivity index (χ3v) is 4.30. The molecule has 0 aromatic carbocycles. The van der Waals surface area contributed by atoms with Crippen molar-refractivity contribution in [3.63, 3.8) is 0 Å². The first-order valence-electron chi connectivity index (χ1n) is 6.69. The van der Waals surface area contributed by atoms with Gasteiger partial charge in [0.15, 0.2) is 0 Å². The second-order valence-corrected chi connectivity index (χ2v) is 7.11. The number of nitrogens with one attached hydrogen (secondary N) is 2. The van der Waals surface area contributed by atoms with Crippen LogP contribution in [0.4, 0.5) is 4.79 Å². The van der Waals surface area contributed by atoms with E-state index in [4.69, 9.17) is 0 Å². The molecule has 1 atom stereocenters. The Morgan fingerprint density at radius 3 is 2.47 bits per heavy atom. The Hall–Kier alpha value is -1.10. The number of carbonyl (C=O) groups excluding carboxylic acids is 1. The average Bonchev–Trinajstić information content (AvgIpc) is 2.74. The zero-order valence-electron chi connectivity index (χ0n) is 12.7. The second kappa shape index (κ2) is 6.37. The van der Waals surface area contributed by atoms with E-state index in [1.54, 1.807) is 11.3 Å². The van der Waals surface area contributed by atoms with Crippen molar-refractivity contribution in [1.29, 1.82) is 0 Å². The highest BCUT2D eigenvalue weighted by atomic mass is 32.1. The molecule has 0 spiro atoms. The molecule has 0 aliphatic carbocycles. The smallest absolute Gasteiger partial charge is 0.315 e. The minimum atomic E-state index is -0.133. The van der Waals surface area contributed by atoms with Gasteiger partial charge in [0.1, 0.15) is 0 Å². The van der Waals surface area contributed by atoms with Gasteiger partial charge < -0.3 is 10.6 Å². The number of nitrogens with zero attached hydrogens (tertiary/aromatic N) is 1. The summed E-state index contributed by atoms with van der Waals surface area (Å²) in [5.74, 6) is 0.428. The van der Waals surface area contributed by atoms with Crippen LogP contribution in [0.5, 0.6) is 0 Å². The van der Waals surface area contributed by atoms with Gasteiger partial charge in [-0.15, -0.1) is 11.3 Å². The van der Waals surface area contributed by atoms with Gasteiger partial charge in [0, 0.05) is 16.8 Å². The quantitative estimate of drug-likeness (QED) is 0.891. The molecule has 0 saturated heterocycles. The monoisotopic (exact) mass is 283 g/mol. The maximum atomic E-state index is 11.7. The van der Waals surface area contributed by atoms with Crippen molar-refractivity contribution in [1.82, 2.24) is 15.6 Å². The first-order valence-corrected chi connectivity index (χ1v) is 7.57. The lowest BCUT2D eigenvalue weighted by atomic mass is 9.98. The average molecular weight is 283 g/mol. The molecule has 2 N–H and O–H groups in total. The van der Waals surface area contributed by atoms with Gasteiger partial charge in [0.2, 0.25) is 0 Å². The fraction of sp³-hybridized carbons (Fsp3) is 0.714. The van der Waals surface area contributed by atoms with Crippen LogP contribution in [-0.2, 0) is 12.0 Å². The second-order valence-electron chi connectivity index (χ2n) is 6.25. The van der Waals surface area contributed by atoms with E-state index in [1.165, 1.54) is 0 Å². The third kappa shape index (κ3) is 5.19. The highest BCUT2D eigenvalue weighted by molar-refractivity contribution is 7.09. The van der Waals surface area contributed by atoms with Crippen molar-refractivity contribution in [3.05, 3.63) is 16.1 Å². The lowest BCUT2D eigenvalue weighted by Gasteiger charge is -2.17. The first-order chi connectivity index (χ1) is 8.70. The van der Waals surface area contributed by atoms with Crippen molar-refractivity contribution >= 4 is 17.4 Å². The summed E-state index contributed by atoms with van der Waals surface area (Å²) in [4.78, 5) is 16.2. The Kier molecular flexibility index (Phi) is 5.35. The van der Waals surface area contributed by atoms with E-state index in [2.05, 4.69) is 50.2 Å². The van der Waals surface area contributed by atoms with Crippen LogP contribution in [0.1, 0.15) is 52.2 Å². The number of amides is 2. The van der Waals surface area contributed by atoms with E-state index >= 15 is 0 Å². The molecule has 1 unspecified atom stereocenters. The summed E-state index contributed by atoms with van der Waals surface area (Å²) in [7, 11) is 0. The van der Waals surface area contributed by atoms with Gasteiger partial charge in [-0.2, -0.15) is 0 Å². The summed E-state index contributed by atoms with van der Waals surface area (Å²) < 4.78 is 0. The van der Waals surface area contributed by atoms with Crippen molar-refractivity contribution in [2.24, 2.45) is 5.92 Å². The number of urea groups is 1. The molecule has 0 saturated carbocycles. The summed E-state index contributed by atoms with van der Waals surface area (Å²) in [5, 5.41) is 8.86. The van der Waals surface area contributed by atoms with Crippen LogP contribution < -0.4 is 10.6 Å². The minimum absolute atomic E-state index is 0.0668. The number of hydrogen-bond acceptors (Lipinski definition) is 3. The molecule has 19 heavy (non-hydrogen) atoms. The van der Waals surface area contributed by atoms with Gasteiger partial charge >= 0.3 is 6.03 Å². The summed E-state index contributed by atoms with van der Waals surface area (Å²) in [6, 6.07) is 0.0343. The molecule has 0 aliphatic heterocycles. The van der Waals surface area contributed by atoms with Crippen LogP contribution in [0.15, 0.2) is 5.38 Å². The van der Waals surface area contributed by atoms with Crippen molar-refractivity contribution in [2.75, 3.05) is 0 Å². The van der Waals surface area contributed by atoms with E-state index in [9.17, 15) is 4.79 Å². The van der Waals surface area contributed by atoms with Crippen molar-refractivity contribution in [2.45, 2.75) is 59.5 Å². The molecule has 0 aliphatic rings. The number of hydrogen-bond donors (Lipinski definition) is 2. The van der Waals surface area contributed by atoms with Crippen LogP contribution in [0, 0.1) is 5.92 Å². The zero-order chi connectivity index (χ0) is 14.6. The molecule has 0 fully saturated rings. The van der Waals surface area contributed by atoms with Crippen LogP contribution in [-0.4, -0.2) is 17.1 Å². The van der Waals surface area contributed by atoms with Crippen molar-refractivity contribution in [3.8, 4) is 0 Å². The highest BCUT2D eigenvalue weighted by Crippen LogP contribution is 2.25. The van der Waals surface area contributed by atoms with Gasteiger partial charge in [-0.25, -0.2) is 9.78 Å².